The fourth-order valence-electron chi connectivity index (χ4n) is 4.20. The Labute approximate surface area is 145 Å². The molecule has 2 heteroatoms. The van der Waals surface area contributed by atoms with E-state index in [0.717, 1.165) is 10.6 Å². The van der Waals surface area contributed by atoms with Crippen molar-refractivity contribution in [3.63, 3.8) is 0 Å². The first-order valence-electron chi connectivity index (χ1n) is 8.61. The maximum atomic E-state index is 6.38. The van der Waals surface area contributed by atoms with Gasteiger partial charge < -0.3 is 0 Å². The number of rotatable bonds is 2. The number of ether oxygens (including phenoxy) is 1. The fraction of sp³-hybridized carbons (Fsp3) is 0.429. The van der Waals surface area contributed by atoms with Crippen LogP contribution in [-0.2, 0) is 6.42 Å². The molecule has 3 atom stereocenters. The molecule has 0 N–H and O–H groups in total. The van der Waals surface area contributed by atoms with Gasteiger partial charge in [0.1, 0.15) is 0 Å². The molecule has 0 saturated heterocycles. The first kappa shape index (κ1) is 15.3. The average molecular weight is 371 g/mol. The van der Waals surface area contributed by atoms with E-state index < -0.39 is 0 Å². The molecule has 2 aliphatic rings. The molecule has 1 aliphatic carbocycles. The van der Waals surface area contributed by atoms with Gasteiger partial charge in [-0.15, -0.1) is 0 Å². The van der Waals surface area contributed by atoms with E-state index in [2.05, 4.69) is 68.4 Å². The molecule has 120 valence electrons. The van der Waals surface area contributed by atoms with Crippen molar-refractivity contribution in [3.05, 3.63) is 60.2 Å². The van der Waals surface area contributed by atoms with Crippen LogP contribution in [0.15, 0.2) is 54.6 Å². The summed E-state index contributed by atoms with van der Waals surface area (Å²) in [5.41, 5.74) is 1.74. The third kappa shape index (κ3) is 2.84. The molecule has 4 rings (SSSR count). The second-order valence-electron chi connectivity index (χ2n) is 7.39. The van der Waals surface area contributed by atoms with Gasteiger partial charge in [-0.2, -0.15) is 0 Å². The van der Waals surface area contributed by atoms with E-state index in [0.29, 0.717) is 32.4 Å². The third-order valence-corrected chi connectivity index (χ3v) is 9.17. The molecule has 0 spiro atoms. The molecule has 1 saturated carbocycles. The zero-order valence-electron chi connectivity index (χ0n) is 13.9. The van der Waals surface area contributed by atoms with Crippen molar-refractivity contribution in [2.45, 2.75) is 44.0 Å². The van der Waals surface area contributed by atoms with Crippen molar-refractivity contribution < 1.29 is 4.74 Å². The summed E-state index contributed by atoms with van der Waals surface area (Å²) in [6, 6.07) is 19.7. The number of hydrogen-bond donors (Lipinski definition) is 0. The van der Waals surface area contributed by atoms with Gasteiger partial charge in [0.2, 0.25) is 0 Å². The Kier molecular flexibility index (Phi) is 3.99. The Bertz CT molecular complexity index is 679. The van der Waals surface area contributed by atoms with Gasteiger partial charge in [0.05, 0.1) is 0 Å². The molecule has 1 nitrogen and oxygen atoms in total. The molecule has 23 heavy (non-hydrogen) atoms. The van der Waals surface area contributed by atoms with Gasteiger partial charge in [-0.1, -0.05) is 0 Å². The van der Waals surface area contributed by atoms with Crippen LogP contribution in [0.4, 0.5) is 0 Å². The average Bonchev–Trinajstić information content (AvgIpc) is 2.57. The summed E-state index contributed by atoms with van der Waals surface area (Å²) >= 11 is 0.548. The summed E-state index contributed by atoms with van der Waals surface area (Å²) in [6.07, 6.45) is 4.09. The number of fused-ring (bicyclic) bond motifs is 2. The van der Waals surface area contributed by atoms with Crippen molar-refractivity contribution in [1.82, 2.24) is 0 Å². The topological polar surface area (TPSA) is 9.23 Å². The Balaban J connectivity index is 1.58. The van der Waals surface area contributed by atoms with Gasteiger partial charge >= 0.3 is 145 Å². The first-order chi connectivity index (χ1) is 11.1. The quantitative estimate of drug-likeness (QED) is 0.718. The van der Waals surface area contributed by atoms with Gasteiger partial charge in [0.25, 0.3) is 0 Å². The van der Waals surface area contributed by atoms with E-state index in [9.17, 15) is 0 Å². The van der Waals surface area contributed by atoms with Crippen LogP contribution >= 0.6 is 0 Å². The van der Waals surface area contributed by atoms with Crippen molar-refractivity contribution >= 4 is 19.4 Å². The molecule has 1 fully saturated rings. The molecule has 0 amide bonds. The predicted octanol–water partition coefficient (Wildman–Crippen LogP) is 4.24. The predicted molar refractivity (Wildman–Crippen MR) is 96.6 cm³/mol. The monoisotopic (exact) mass is 372 g/mol. The van der Waals surface area contributed by atoms with Gasteiger partial charge in [-0.05, 0) is 0 Å². The number of para-hydroxylation sites is 1. The van der Waals surface area contributed by atoms with Crippen LogP contribution in [0.3, 0.4) is 0 Å². The molecule has 1 aliphatic heterocycles. The Morgan fingerprint density at radius 2 is 1.70 bits per heavy atom. The van der Waals surface area contributed by atoms with E-state index in [1.807, 2.05) is 0 Å². The van der Waals surface area contributed by atoms with Crippen LogP contribution in [0.25, 0.3) is 0 Å². The Hall–Kier alpha value is -1.24. The SMILES string of the molecule is CC1(C)C([Se]c2ccccc2)CCC2Oc3ccccc3CC21. The van der Waals surface area contributed by atoms with Crippen molar-refractivity contribution in [3.8, 4) is 5.75 Å². The normalized spacial score (nSPS) is 28.3. The molecule has 0 radical (unpaired) electrons. The Morgan fingerprint density at radius 1 is 0.957 bits per heavy atom. The minimum atomic E-state index is 0.340. The fourth-order valence-corrected chi connectivity index (χ4v) is 7.09. The van der Waals surface area contributed by atoms with E-state index in [4.69, 9.17) is 4.74 Å². The van der Waals surface area contributed by atoms with Gasteiger partial charge in [0, 0.05) is 0 Å². The molecular weight excluding hydrogens is 347 g/mol. The summed E-state index contributed by atoms with van der Waals surface area (Å²) in [5.74, 6) is 1.76. The van der Waals surface area contributed by atoms with Crippen LogP contribution in [0, 0.1) is 11.3 Å². The van der Waals surface area contributed by atoms with E-state index in [1.54, 1.807) is 0 Å². The maximum absolute atomic E-state index is 6.38. The van der Waals surface area contributed by atoms with E-state index >= 15 is 0 Å². The molecular formula is C21H24OSe. The van der Waals surface area contributed by atoms with Crippen LogP contribution in [-0.4, -0.2) is 21.1 Å². The standard InChI is InChI=1S/C21H24OSe/c1-21(2)17-14-15-8-6-7-11-18(15)22-19(17)12-13-20(21)23-16-9-4-3-5-10-16/h3-11,17,19-20H,12-14H2,1-2H3. The second-order valence-corrected chi connectivity index (χ2v) is 10.1. The summed E-state index contributed by atoms with van der Waals surface area (Å²) in [6.45, 7) is 4.97. The molecule has 2 aromatic carbocycles. The number of hydrogen-bond acceptors (Lipinski definition) is 1. The zero-order valence-corrected chi connectivity index (χ0v) is 15.6. The first-order valence-corrected chi connectivity index (χ1v) is 10.5. The van der Waals surface area contributed by atoms with Crippen molar-refractivity contribution in [1.29, 1.82) is 0 Å². The molecule has 3 unspecified atom stereocenters. The van der Waals surface area contributed by atoms with Crippen LogP contribution in [0.1, 0.15) is 32.3 Å². The number of benzene rings is 2. The molecule has 0 aromatic heterocycles. The summed E-state index contributed by atoms with van der Waals surface area (Å²) in [5, 5.41) is 0. The van der Waals surface area contributed by atoms with E-state index in [1.165, 1.54) is 29.3 Å². The molecule has 2 aromatic rings. The summed E-state index contributed by atoms with van der Waals surface area (Å²) in [4.78, 5) is 0.799. The van der Waals surface area contributed by atoms with Crippen molar-refractivity contribution in [2.75, 3.05) is 0 Å². The summed E-state index contributed by atoms with van der Waals surface area (Å²) in [7, 11) is 0. The molecule has 0 bridgehead atoms. The van der Waals surface area contributed by atoms with Gasteiger partial charge in [-0.25, -0.2) is 0 Å². The molecule has 1 heterocycles. The van der Waals surface area contributed by atoms with Crippen LogP contribution in [0.5, 0.6) is 5.75 Å². The van der Waals surface area contributed by atoms with Gasteiger partial charge in [0.15, 0.2) is 0 Å². The second kappa shape index (κ2) is 6.00. The minimum absolute atomic E-state index is 0.340. The zero-order chi connectivity index (χ0) is 15.9. The summed E-state index contributed by atoms with van der Waals surface area (Å²) < 4.78 is 7.91. The van der Waals surface area contributed by atoms with Gasteiger partial charge in [-0.3, -0.25) is 0 Å². The van der Waals surface area contributed by atoms with Crippen molar-refractivity contribution in [2.24, 2.45) is 11.3 Å². The van der Waals surface area contributed by atoms with Crippen LogP contribution in [0.2, 0.25) is 4.82 Å². The van der Waals surface area contributed by atoms with E-state index in [-0.39, 0.29) is 0 Å². The van der Waals surface area contributed by atoms with Crippen LogP contribution < -0.4 is 9.20 Å². The Morgan fingerprint density at radius 3 is 2.52 bits per heavy atom. The third-order valence-electron chi connectivity index (χ3n) is 5.66.